The molecule has 0 aliphatic carbocycles. The van der Waals surface area contributed by atoms with E-state index in [1.807, 2.05) is 6.92 Å². The summed E-state index contributed by atoms with van der Waals surface area (Å²) >= 11 is 0. The fraction of sp³-hybridized carbons (Fsp3) is 0.750. The first-order valence-corrected chi connectivity index (χ1v) is 6.50. The lowest BCUT2D eigenvalue weighted by Crippen LogP contribution is -2.17. The smallest absolute Gasteiger partial charge is 0.273 e. The monoisotopic (exact) mass is 248 g/mol. The van der Waals surface area contributed by atoms with Crippen molar-refractivity contribution < 1.29 is 13.2 Å². The zero-order chi connectivity index (χ0) is 12.2. The zero-order valence-corrected chi connectivity index (χ0v) is 10.2. The summed E-state index contributed by atoms with van der Waals surface area (Å²) in [4.78, 5) is 0. The molecule has 0 aliphatic rings. The molecule has 0 amide bonds. The van der Waals surface area contributed by atoms with Gasteiger partial charge in [-0.15, -0.1) is 10.2 Å². The number of rotatable bonds is 6. The Morgan fingerprint density at radius 3 is 2.62 bits per heavy atom. The zero-order valence-electron chi connectivity index (χ0n) is 9.38. The van der Waals surface area contributed by atoms with Crippen molar-refractivity contribution in [1.29, 1.82) is 0 Å². The van der Waals surface area contributed by atoms with Crippen LogP contribution in [-0.4, -0.2) is 36.4 Å². The second-order valence-corrected chi connectivity index (χ2v) is 4.76. The number of aromatic nitrogens is 3. The van der Waals surface area contributed by atoms with Gasteiger partial charge in [0.2, 0.25) is 0 Å². The van der Waals surface area contributed by atoms with Gasteiger partial charge in [0.25, 0.3) is 15.2 Å². The van der Waals surface area contributed by atoms with Gasteiger partial charge in [-0.2, -0.15) is 0 Å². The minimum atomic E-state index is -3.79. The number of nitrogens with zero attached hydrogens (tertiary/aromatic N) is 3. The molecule has 7 nitrogen and oxygen atoms in total. The fourth-order valence-corrected chi connectivity index (χ4v) is 1.93. The summed E-state index contributed by atoms with van der Waals surface area (Å²) in [5, 5.41) is 12.1. The van der Waals surface area contributed by atoms with E-state index in [2.05, 4.69) is 10.2 Å². The highest BCUT2D eigenvalue weighted by Gasteiger charge is 2.17. The highest BCUT2D eigenvalue weighted by molar-refractivity contribution is 7.89. The van der Waals surface area contributed by atoms with Gasteiger partial charge < -0.3 is 9.30 Å². The van der Waals surface area contributed by atoms with Crippen molar-refractivity contribution in [3.05, 3.63) is 5.82 Å². The third-order valence-electron chi connectivity index (χ3n) is 2.07. The molecule has 0 fully saturated rings. The van der Waals surface area contributed by atoms with E-state index in [0.29, 0.717) is 25.5 Å². The molecular formula is C8H16N4O3S. The Bertz CT molecular complexity index is 440. The van der Waals surface area contributed by atoms with Gasteiger partial charge in [0.05, 0.1) is 0 Å². The molecule has 8 heteroatoms. The summed E-state index contributed by atoms with van der Waals surface area (Å²) in [5.41, 5.74) is 0. The molecule has 0 saturated heterocycles. The van der Waals surface area contributed by atoms with E-state index in [1.54, 1.807) is 7.05 Å². The van der Waals surface area contributed by atoms with Gasteiger partial charge in [-0.1, -0.05) is 0 Å². The molecule has 0 radical (unpaired) electrons. The van der Waals surface area contributed by atoms with Crippen LogP contribution in [-0.2, 0) is 28.2 Å². The molecule has 0 aliphatic heterocycles. The average Bonchev–Trinajstić information content (AvgIpc) is 2.54. The van der Waals surface area contributed by atoms with Crippen LogP contribution in [0.5, 0.6) is 0 Å². The summed E-state index contributed by atoms with van der Waals surface area (Å²) in [7, 11) is -2.21. The van der Waals surface area contributed by atoms with Crippen LogP contribution in [0, 0.1) is 0 Å². The Balaban J connectivity index is 2.66. The maximum absolute atomic E-state index is 11.1. The topological polar surface area (TPSA) is 100 Å². The van der Waals surface area contributed by atoms with E-state index < -0.39 is 10.0 Å². The third kappa shape index (κ3) is 3.26. The predicted octanol–water partition coefficient (Wildman–Crippen LogP) is -0.568. The van der Waals surface area contributed by atoms with Gasteiger partial charge in [-0.05, 0) is 13.3 Å². The van der Waals surface area contributed by atoms with Gasteiger partial charge >= 0.3 is 0 Å². The lowest BCUT2D eigenvalue weighted by molar-refractivity contribution is 0.144. The van der Waals surface area contributed by atoms with E-state index >= 15 is 0 Å². The van der Waals surface area contributed by atoms with Gasteiger partial charge in [-0.25, -0.2) is 13.6 Å². The second-order valence-electron chi connectivity index (χ2n) is 3.30. The molecule has 1 aromatic rings. The van der Waals surface area contributed by atoms with Crippen molar-refractivity contribution in [3.63, 3.8) is 0 Å². The lowest BCUT2D eigenvalue weighted by atomic mass is 10.3. The number of aryl methyl sites for hydroxylation is 1. The molecule has 0 atom stereocenters. The molecule has 1 aromatic heterocycles. The van der Waals surface area contributed by atoms with E-state index in [1.165, 1.54) is 4.57 Å². The molecule has 2 N–H and O–H groups in total. The first kappa shape index (κ1) is 13.1. The average molecular weight is 248 g/mol. The molecule has 0 aromatic carbocycles. The Hall–Kier alpha value is -0.990. The minimum absolute atomic E-state index is 0.209. The Morgan fingerprint density at radius 1 is 1.44 bits per heavy atom. The first-order chi connectivity index (χ1) is 7.46. The molecular weight excluding hydrogens is 232 g/mol. The number of hydrogen-bond acceptors (Lipinski definition) is 5. The van der Waals surface area contributed by atoms with Crippen molar-refractivity contribution in [1.82, 2.24) is 14.8 Å². The van der Waals surface area contributed by atoms with Crippen molar-refractivity contribution in [2.75, 3.05) is 13.2 Å². The van der Waals surface area contributed by atoms with Gasteiger partial charge in [-0.3, -0.25) is 0 Å². The Kier molecular flexibility index (Phi) is 4.39. The third-order valence-corrected chi connectivity index (χ3v) is 2.94. The van der Waals surface area contributed by atoms with E-state index in [4.69, 9.17) is 9.88 Å². The number of nitrogens with two attached hydrogens (primary N) is 1. The van der Waals surface area contributed by atoms with Crippen LogP contribution in [0.2, 0.25) is 0 Å². The molecule has 0 saturated carbocycles. The largest absolute Gasteiger partial charge is 0.382 e. The van der Waals surface area contributed by atoms with Crippen LogP contribution in [0.15, 0.2) is 5.16 Å². The maximum atomic E-state index is 11.1. The lowest BCUT2D eigenvalue weighted by Gasteiger charge is -2.02. The van der Waals surface area contributed by atoms with Crippen molar-refractivity contribution in [3.8, 4) is 0 Å². The van der Waals surface area contributed by atoms with Crippen LogP contribution in [0.1, 0.15) is 19.2 Å². The van der Waals surface area contributed by atoms with E-state index in [9.17, 15) is 8.42 Å². The predicted molar refractivity (Wildman–Crippen MR) is 57.2 cm³/mol. The van der Waals surface area contributed by atoms with E-state index in [-0.39, 0.29) is 5.16 Å². The normalized spacial score (nSPS) is 11.9. The molecule has 92 valence electrons. The van der Waals surface area contributed by atoms with Gasteiger partial charge in [0, 0.05) is 26.7 Å². The standard InChI is InChI=1S/C8H16N4O3S/c1-3-15-6-4-5-7-10-11-8(12(7)2)16(9,13)14/h3-6H2,1-2H3,(H2,9,13,14). The molecule has 1 heterocycles. The second kappa shape index (κ2) is 5.37. The Morgan fingerprint density at radius 2 is 2.12 bits per heavy atom. The number of sulfonamides is 1. The summed E-state index contributed by atoms with van der Waals surface area (Å²) in [5.74, 6) is 0.587. The molecule has 0 unspecified atom stereocenters. The Labute approximate surface area is 94.7 Å². The van der Waals surface area contributed by atoms with Crippen LogP contribution in [0.25, 0.3) is 0 Å². The van der Waals surface area contributed by atoms with Crippen LogP contribution in [0.4, 0.5) is 0 Å². The minimum Gasteiger partial charge on any atom is -0.382 e. The fourth-order valence-electron chi connectivity index (χ4n) is 1.29. The summed E-state index contributed by atoms with van der Waals surface area (Å²) in [6, 6.07) is 0. The maximum Gasteiger partial charge on any atom is 0.273 e. The highest BCUT2D eigenvalue weighted by Crippen LogP contribution is 2.06. The summed E-state index contributed by atoms with van der Waals surface area (Å²) in [6.45, 7) is 3.21. The molecule has 1 rings (SSSR count). The van der Waals surface area contributed by atoms with Crippen LogP contribution >= 0.6 is 0 Å². The number of ether oxygens (including phenoxy) is 1. The quantitative estimate of drug-likeness (QED) is 0.680. The van der Waals surface area contributed by atoms with E-state index in [0.717, 1.165) is 6.42 Å². The summed E-state index contributed by atoms with van der Waals surface area (Å²) < 4.78 is 28.7. The molecule has 16 heavy (non-hydrogen) atoms. The van der Waals surface area contributed by atoms with Crippen molar-refractivity contribution in [2.45, 2.75) is 24.9 Å². The van der Waals surface area contributed by atoms with Gasteiger partial charge in [0.1, 0.15) is 5.82 Å². The van der Waals surface area contributed by atoms with Crippen molar-refractivity contribution >= 4 is 10.0 Å². The number of hydrogen-bond donors (Lipinski definition) is 1. The summed E-state index contributed by atoms with van der Waals surface area (Å²) in [6.07, 6.45) is 1.38. The SMILES string of the molecule is CCOCCCc1nnc(S(N)(=O)=O)n1C. The van der Waals surface area contributed by atoms with Crippen LogP contribution < -0.4 is 5.14 Å². The molecule has 0 bridgehead atoms. The highest BCUT2D eigenvalue weighted by atomic mass is 32.2. The first-order valence-electron chi connectivity index (χ1n) is 4.95. The van der Waals surface area contributed by atoms with Gasteiger partial charge in [0.15, 0.2) is 0 Å². The number of primary sulfonamides is 1. The molecule has 0 spiro atoms. The van der Waals surface area contributed by atoms with Crippen molar-refractivity contribution in [2.24, 2.45) is 12.2 Å². The van der Waals surface area contributed by atoms with Crippen LogP contribution in [0.3, 0.4) is 0 Å².